The highest BCUT2D eigenvalue weighted by atomic mass is 35.5. The minimum Gasteiger partial charge on any atom is -0.478 e. The molecule has 0 aliphatic carbocycles. The van der Waals surface area contributed by atoms with Crippen LogP contribution in [0.1, 0.15) is 16.7 Å². The number of hydrogen-bond donors (Lipinski definition) is 0. The lowest BCUT2D eigenvalue weighted by Crippen LogP contribution is -2.28. The third-order valence-electron chi connectivity index (χ3n) is 4.98. The van der Waals surface area contributed by atoms with Crippen LogP contribution in [-0.4, -0.2) is 17.7 Å². The molecule has 4 nitrogen and oxygen atoms in total. The van der Waals surface area contributed by atoms with Crippen LogP contribution in [0, 0.1) is 26.2 Å². The molecule has 1 heterocycles. The van der Waals surface area contributed by atoms with Crippen molar-refractivity contribution in [1.82, 2.24) is 0 Å². The second kappa shape index (κ2) is 10.4. The summed E-state index contributed by atoms with van der Waals surface area (Å²) in [5.41, 5.74) is 4.41. The number of carbonyl (C=O) groups excluding carboxylic acids is 1. The van der Waals surface area contributed by atoms with Gasteiger partial charge >= 0.3 is 0 Å². The van der Waals surface area contributed by atoms with Crippen molar-refractivity contribution >= 4 is 63.5 Å². The number of carbonyl (C=O) groups is 1. The topological polar surface area (TPSA) is 41.9 Å². The molecule has 34 heavy (non-hydrogen) atoms. The number of rotatable bonds is 5. The van der Waals surface area contributed by atoms with Gasteiger partial charge in [-0.15, -0.1) is 6.42 Å². The van der Waals surface area contributed by atoms with Gasteiger partial charge in [-0.05, 0) is 73.6 Å². The highest BCUT2D eigenvalue weighted by Gasteiger charge is 2.34. The molecule has 7 heteroatoms. The van der Waals surface area contributed by atoms with E-state index in [1.165, 1.54) is 11.8 Å². The Morgan fingerprint density at radius 1 is 1.03 bits per heavy atom. The van der Waals surface area contributed by atoms with Crippen molar-refractivity contribution in [3.63, 3.8) is 0 Å². The van der Waals surface area contributed by atoms with Gasteiger partial charge in [0, 0.05) is 0 Å². The summed E-state index contributed by atoms with van der Waals surface area (Å²) < 4.78 is 5.42. The second-order valence-corrected chi connectivity index (χ2v) is 9.45. The Morgan fingerprint density at radius 2 is 1.62 bits per heavy atom. The molecule has 1 amide bonds. The summed E-state index contributed by atoms with van der Waals surface area (Å²) >= 11 is 14.0. The molecule has 0 unspecified atom stereocenters. The molecule has 0 aromatic heterocycles. The monoisotopic (exact) mass is 506 g/mol. The van der Waals surface area contributed by atoms with Crippen molar-refractivity contribution in [3.05, 3.63) is 92.3 Å². The van der Waals surface area contributed by atoms with Crippen molar-refractivity contribution < 1.29 is 9.53 Å². The zero-order chi connectivity index (χ0) is 24.2. The number of aryl methyl sites for hydroxylation is 2. The normalized spacial score (nSPS) is 15.7. The summed E-state index contributed by atoms with van der Waals surface area (Å²) in [5.74, 6) is 2.52. The molecule has 1 fully saturated rings. The van der Waals surface area contributed by atoms with Gasteiger partial charge in [0.05, 0.1) is 26.3 Å². The number of ether oxygens (including phenoxy) is 1. The minimum atomic E-state index is -0.181. The fourth-order valence-corrected chi connectivity index (χ4v) is 4.88. The summed E-state index contributed by atoms with van der Waals surface area (Å²) in [6, 6.07) is 19.0. The quantitative estimate of drug-likeness (QED) is 0.266. The number of amidine groups is 1. The fraction of sp³-hybridized carbons (Fsp3) is 0.111. The van der Waals surface area contributed by atoms with Gasteiger partial charge in [-0.25, -0.2) is 4.99 Å². The van der Waals surface area contributed by atoms with Crippen molar-refractivity contribution in [2.75, 3.05) is 11.5 Å². The second-order valence-electron chi connectivity index (χ2n) is 7.62. The predicted molar refractivity (Wildman–Crippen MR) is 143 cm³/mol. The lowest BCUT2D eigenvalue weighted by atomic mass is 10.2. The minimum absolute atomic E-state index is 0.0541. The summed E-state index contributed by atoms with van der Waals surface area (Å²) in [6.07, 6.45) is 6.99. The van der Waals surface area contributed by atoms with E-state index >= 15 is 0 Å². The molecule has 0 atom stereocenters. The Morgan fingerprint density at radius 3 is 2.21 bits per heavy atom. The summed E-state index contributed by atoms with van der Waals surface area (Å²) in [7, 11) is 0. The first-order chi connectivity index (χ1) is 16.4. The van der Waals surface area contributed by atoms with Gasteiger partial charge in [-0.2, -0.15) is 0 Å². The van der Waals surface area contributed by atoms with Crippen LogP contribution >= 0.6 is 35.0 Å². The molecule has 170 valence electrons. The molecule has 1 aliphatic rings. The SMILES string of the molecule is C#CCOc1c(Cl)cc(/C=C2\SC(=Nc3ccc(C)cc3)N(c3ccc(C)cc3)C2=O)cc1Cl. The average Bonchev–Trinajstić information content (AvgIpc) is 3.10. The predicted octanol–water partition coefficient (Wildman–Crippen LogP) is 7.43. The molecule has 1 saturated heterocycles. The van der Waals surface area contributed by atoms with Gasteiger partial charge in [0.2, 0.25) is 0 Å². The van der Waals surface area contributed by atoms with Gasteiger partial charge < -0.3 is 4.74 Å². The highest BCUT2D eigenvalue weighted by Crippen LogP contribution is 2.39. The standard InChI is InChI=1S/C27H20Cl2N2O2S/c1-4-13-33-25-22(28)14-19(15-23(25)29)16-24-26(32)31(21-11-7-18(3)8-12-21)27(34-24)30-20-9-5-17(2)6-10-20/h1,5-12,14-16H,13H2,2-3H3/b24-16-,30-27?. The Hall–Kier alpha value is -3.17. The van der Waals surface area contributed by atoms with Crippen molar-refractivity contribution in [1.29, 1.82) is 0 Å². The van der Waals surface area contributed by atoms with Crippen LogP contribution in [-0.2, 0) is 4.79 Å². The van der Waals surface area contributed by atoms with E-state index in [0.29, 0.717) is 31.4 Å². The lowest BCUT2D eigenvalue weighted by Gasteiger charge is -2.16. The third-order valence-corrected chi connectivity index (χ3v) is 6.51. The molecule has 4 rings (SSSR count). The Balaban J connectivity index is 1.74. The maximum Gasteiger partial charge on any atom is 0.271 e. The Labute approximate surface area is 213 Å². The number of nitrogens with zero attached hydrogens (tertiary/aromatic N) is 2. The fourth-order valence-electron chi connectivity index (χ4n) is 3.27. The number of hydrogen-bond acceptors (Lipinski definition) is 4. The van der Waals surface area contributed by atoms with E-state index in [-0.39, 0.29) is 12.5 Å². The van der Waals surface area contributed by atoms with E-state index in [9.17, 15) is 4.79 Å². The number of amides is 1. The smallest absolute Gasteiger partial charge is 0.271 e. The van der Waals surface area contributed by atoms with Crippen molar-refractivity contribution in [2.45, 2.75) is 13.8 Å². The van der Waals surface area contributed by atoms with E-state index in [4.69, 9.17) is 39.4 Å². The number of thioether (sulfide) groups is 1. The van der Waals surface area contributed by atoms with Crippen LogP contribution in [0.5, 0.6) is 5.75 Å². The van der Waals surface area contributed by atoms with Crippen LogP contribution in [0.25, 0.3) is 6.08 Å². The molecule has 3 aromatic carbocycles. The van der Waals surface area contributed by atoms with E-state index in [0.717, 1.165) is 22.5 Å². The van der Waals surface area contributed by atoms with E-state index in [1.807, 2.05) is 62.4 Å². The van der Waals surface area contributed by atoms with Crippen LogP contribution in [0.15, 0.2) is 70.6 Å². The average molecular weight is 507 g/mol. The molecule has 3 aromatic rings. The zero-order valence-electron chi connectivity index (χ0n) is 18.5. The first-order valence-electron chi connectivity index (χ1n) is 10.4. The van der Waals surface area contributed by atoms with E-state index < -0.39 is 0 Å². The third kappa shape index (κ3) is 5.31. The number of halogens is 2. The summed E-state index contributed by atoms with van der Waals surface area (Å²) in [4.78, 5) is 20.3. The summed E-state index contributed by atoms with van der Waals surface area (Å²) in [5, 5.41) is 1.19. The van der Waals surface area contributed by atoms with Gasteiger partial charge in [0.15, 0.2) is 10.9 Å². The molecule has 0 radical (unpaired) electrons. The molecule has 0 spiro atoms. The van der Waals surface area contributed by atoms with Crippen LogP contribution in [0.3, 0.4) is 0 Å². The van der Waals surface area contributed by atoms with E-state index in [2.05, 4.69) is 5.92 Å². The number of aliphatic imine (C=N–C) groups is 1. The molecular formula is C27H20Cl2N2O2S. The maximum absolute atomic E-state index is 13.5. The van der Waals surface area contributed by atoms with Gasteiger partial charge in [0.25, 0.3) is 5.91 Å². The largest absolute Gasteiger partial charge is 0.478 e. The number of terminal acetylenes is 1. The maximum atomic E-state index is 13.5. The van der Waals surface area contributed by atoms with Crippen LogP contribution < -0.4 is 9.64 Å². The van der Waals surface area contributed by atoms with Crippen LogP contribution in [0.4, 0.5) is 11.4 Å². The van der Waals surface area contributed by atoms with Crippen LogP contribution in [0.2, 0.25) is 10.0 Å². The lowest BCUT2D eigenvalue weighted by molar-refractivity contribution is -0.113. The van der Waals surface area contributed by atoms with E-state index in [1.54, 1.807) is 23.1 Å². The highest BCUT2D eigenvalue weighted by molar-refractivity contribution is 8.19. The molecule has 0 N–H and O–H groups in total. The molecule has 0 bridgehead atoms. The molecule has 1 aliphatic heterocycles. The van der Waals surface area contributed by atoms with Crippen molar-refractivity contribution in [2.24, 2.45) is 4.99 Å². The number of benzene rings is 3. The Bertz CT molecular complexity index is 1320. The summed E-state index contributed by atoms with van der Waals surface area (Å²) in [6.45, 7) is 4.07. The molecular weight excluding hydrogens is 487 g/mol. The Kier molecular flexibility index (Phi) is 7.33. The first kappa shape index (κ1) is 24.0. The van der Waals surface area contributed by atoms with Crippen molar-refractivity contribution in [3.8, 4) is 18.1 Å². The zero-order valence-corrected chi connectivity index (χ0v) is 20.8. The van der Waals surface area contributed by atoms with Gasteiger partial charge in [-0.1, -0.05) is 64.5 Å². The first-order valence-corrected chi connectivity index (χ1v) is 11.9. The van der Waals surface area contributed by atoms with Gasteiger partial charge in [-0.3, -0.25) is 9.69 Å². The van der Waals surface area contributed by atoms with Gasteiger partial charge in [0.1, 0.15) is 6.61 Å². The molecule has 0 saturated carbocycles. The number of anilines is 1.